The highest BCUT2D eigenvalue weighted by molar-refractivity contribution is 6.38. The van der Waals surface area contributed by atoms with Crippen LogP contribution in [0, 0.1) is 10.1 Å². The summed E-state index contributed by atoms with van der Waals surface area (Å²) in [6.45, 7) is 0. The summed E-state index contributed by atoms with van der Waals surface area (Å²) in [5.74, 6) is 5.04. The Labute approximate surface area is 84.7 Å². The Morgan fingerprint density at radius 2 is 2.07 bits per heavy atom. The first-order chi connectivity index (χ1) is 7.19. The lowest BCUT2D eigenvalue weighted by Crippen LogP contribution is -2.05. The summed E-state index contributed by atoms with van der Waals surface area (Å²) in [4.78, 5) is 9.85. The molecule has 0 spiro atoms. The van der Waals surface area contributed by atoms with Crippen molar-refractivity contribution in [1.82, 2.24) is 0 Å². The largest absolute Gasteiger partial charge is 0.411 e. The van der Waals surface area contributed by atoms with Gasteiger partial charge in [0.25, 0.3) is 5.69 Å². The first kappa shape index (κ1) is 10.6. The molecule has 0 saturated heterocycles. The molecule has 7 heteroatoms. The number of benzene rings is 1. The van der Waals surface area contributed by atoms with Gasteiger partial charge in [0, 0.05) is 17.7 Å². The van der Waals surface area contributed by atoms with Crippen LogP contribution < -0.4 is 5.84 Å². The minimum atomic E-state index is -0.511. The van der Waals surface area contributed by atoms with Gasteiger partial charge in [0.15, 0.2) is 0 Å². The summed E-state index contributed by atoms with van der Waals surface area (Å²) >= 11 is 0. The molecule has 0 amide bonds. The molecule has 0 bridgehead atoms. The summed E-state index contributed by atoms with van der Waals surface area (Å²) in [6, 6.07) is 5.55. The van der Waals surface area contributed by atoms with E-state index in [2.05, 4.69) is 10.3 Å². The number of nitro groups is 1. The fourth-order valence-electron chi connectivity index (χ4n) is 0.991. The van der Waals surface area contributed by atoms with E-state index < -0.39 is 4.92 Å². The monoisotopic (exact) mass is 208 g/mol. The average Bonchev–Trinajstić information content (AvgIpc) is 2.26. The third-order valence-electron chi connectivity index (χ3n) is 1.69. The first-order valence-corrected chi connectivity index (χ1v) is 3.89. The fourth-order valence-corrected chi connectivity index (χ4v) is 0.991. The van der Waals surface area contributed by atoms with Crippen molar-refractivity contribution < 1.29 is 10.1 Å². The summed E-state index contributed by atoms with van der Waals surface area (Å²) in [5.41, 5.74) is 0.726. The van der Waals surface area contributed by atoms with Crippen LogP contribution in [0.15, 0.2) is 34.5 Å². The van der Waals surface area contributed by atoms with E-state index >= 15 is 0 Å². The number of hydrazone groups is 1. The van der Waals surface area contributed by atoms with Gasteiger partial charge in [0.1, 0.15) is 5.71 Å². The molecular weight excluding hydrogens is 200 g/mol. The van der Waals surface area contributed by atoms with Gasteiger partial charge < -0.3 is 11.0 Å². The molecular formula is C8H8N4O3. The van der Waals surface area contributed by atoms with Crippen LogP contribution in [0.3, 0.4) is 0 Å². The molecule has 7 nitrogen and oxygen atoms in total. The smallest absolute Gasteiger partial charge is 0.269 e. The van der Waals surface area contributed by atoms with Crippen LogP contribution >= 0.6 is 0 Å². The minimum Gasteiger partial charge on any atom is -0.411 e. The van der Waals surface area contributed by atoms with Gasteiger partial charge >= 0.3 is 0 Å². The maximum Gasteiger partial charge on any atom is 0.269 e. The van der Waals surface area contributed by atoms with Crippen LogP contribution in [-0.2, 0) is 0 Å². The number of nitrogens with two attached hydrogens (primary N) is 1. The van der Waals surface area contributed by atoms with Crippen LogP contribution in [0.2, 0.25) is 0 Å². The van der Waals surface area contributed by atoms with Gasteiger partial charge in [-0.2, -0.15) is 5.10 Å². The topological polar surface area (TPSA) is 114 Å². The van der Waals surface area contributed by atoms with Gasteiger partial charge in [-0.05, 0) is 12.1 Å². The maximum atomic E-state index is 10.4. The van der Waals surface area contributed by atoms with Crippen LogP contribution in [0.25, 0.3) is 0 Å². The number of hydrogen-bond acceptors (Lipinski definition) is 6. The number of rotatable bonds is 3. The van der Waals surface area contributed by atoms with Crippen molar-refractivity contribution in [2.45, 2.75) is 0 Å². The van der Waals surface area contributed by atoms with Crippen molar-refractivity contribution in [2.75, 3.05) is 0 Å². The Balaban J connectivity index is 3.02. The number of non-ortho nitro benzene ring substituents is 1. The Morgan fingerprint density at radius 1 is 1.47 bits per heavy atom. The molecule has 0 aromatic heterocycles. The van der Waals surface area contributed by atoms with Crippen molar-refractivity contribution in [2.24, 2.45) is 16.1 Å². The molecule has 0 heterocycles. The summed E-state index contributed by atoms with van der Waals surface area (Å²) in [7, 11) is 0. The zero-order valence-electron chi connectivity index (χ0n) is 7.57. The minimum absolute atomic E-state index is 0.0314. The maximum absolute atomic E-state index is 10.4. The molecule has 1 aromatic carbocycles. The SMILES string of the molecule is N/N=C(/C=N/O)c1ccc([N+](=O)[O-])cc1. The Morgan fingerprint density at radius 3 is 2.47 bits per heavy atom. The third-order valence-corrected chi connectivity index (χ3v) is 1.69. The van der Waals surface area contributed by atoms with Crippen molar-refractivity contribution in [3.8, 4) is 0 Å². The summed E-state index contributed by atoms with van der Waals surface area (Å²) < 4.78 is 0. The molecule has 0 radical (unpaired) electrons. The number of nitrogens with zero attached hydrogens (tertiary/aromatic N) is 3. The Bertz CT molecular complexity index is 410. The van der Waals surface area contributed by atoms with Crippen molar-refractivity contribution in [3.05, 3.63) is 39.9 Å². The number of nitro benzene ring substituents is 1. The fraction of sp³-hybridized carbons (Fsp3) is 0. The predicted octanol–water partition coefficient (Wildman–Crippen LogP) is 0.718. The average molecular weight is 208 g/mol. The summed E-state index contributed by atoms with van der Waals surface area (Å²) in [5, 5.41) is 24.8. The second-order valence-corrected chi connectivity index (χ2v) is 2.56. The molecule has 0 aliphatic carbocycles. The van der Waals surface area contributed by atoms with Gasteiger partial charge in [-0.3, -0.25) is 10.1 Å². The van der Waals surface area contributed by atoms with Crippen LogP contribution in [0.4, 0.5) is 5.69 Å². The van der Waals surface area contributed by atoms with E-state index in [0.29, 0.717) is 5.56 Å². The van der Waals surface area contributed by atoms with Gasteiger partial charge in [0.2, 0.25) is 0 Å². The molecule has 0 unspecified atom stereocenters. The highest BCUT2D eigenvalue weighted by atomic mass is 16.6. The van der Waals surface area contributed by atoms with Crippen molar-refractivity contribution in [3.63, 3.8) is 0 Å². The van der Waals surface area contributed by atoms with E-state index in [-0.39, 0.29) is 11.4 Å². The highest BCUT2D eigenvalue weighted by Gasteiger charge is 2.06. The van der Waals surface area contributed by atoms with E-state index in [4.69, 9.17) is 11.0 Å². The van der Waals surface area contributed by atoms with Gasteiger partial charge in [-0.15, -0.1) is 0 Å². The Kier molecular flexibility index (Phi) is 3.33. The lowest BCUT2D eigenvalue weighted by molar-refractivity contribution is -0.384. The zero-order chi connectivity index (χ0) is 11.3. The number of hydrogen-bond donors (Lipinski definition) is 2. The standard InChI is InChI=1S/C8H8N4O3/c9-11-8(5-10-13)6-1-3-7(4-2-6)12(14)15/h1-5,13H,9H2/b10-5+,11-8-. The molecule has 0 aliphatic heterocycles. The van der Waals surface area contributed by atoms with Gasteiger partial charge in [0.05, 0.1) is 11.1 Å². The lowest BCUT2D eigenvalue weighted by Gasteiger charge is -1.97. The molecule has 78 valence electrons. The summed E-state index contributed by atoms with van der Waals surface area (Å²) in [6.07, 6.45) is 1.04. The molecule has 0 aliphatic rings. The molecule has 15 heavy (non-hydrogen) atoms. The highest BCUT2D eigenvalue weighted by Crippen LogP contribution is 2.11. The quantitative estimate of drug-likeness (QED) is 0.250. The second kappa shape index (κ2) is 4.70. The van der Waals surface area contributed by atoms with Crippen molar-refractivity contribution >= 4 is 17.6 Å². The normalized spacial score (nSPS) is 11.9. The second-order valence-electron chi connectivity index (χ2n) is 2.56. The van der Waals surface area contributed by atoms with Crippen LogP contribution in [0.5, 0.6) is 0 Å². The van der Waals surface area contributed by atoms with Crippen molar-refractivity contribution in [1.29, 1.82) is 0 Å². The first-order valence-electron chi connectivity index (χ1n) is 3.89. The lowest BCUT2D eigenvalue weighted by atomic mass is 10.1. The molecule has 0 saturated carbocycles. The molecule has 0 atom stereocenters. The van der Waals surface area contributed by atoms with E-state index in [1.54, 1.807) is 0 Å². The third kappa shape index (κ3) is 2.50. The van der Waals surface area contributed by atoms with Gasteiger partial charge in [-0.25, -0.2) is 0 Å². The van der Waals surface area contributed by atoms with E-state index in [1.165, 1.54) is 24.3 Å². The van der Waals surface area contributed by atoms with Crippen LogP contribution in [-0.4, -0.2) is 22.1 Å². The molecule has 1 aromatic rings. The zero-order valence-corrected chi connectivity index (χ0v) is 7.57. The molecule has 1 rings (SSSR count). The van der Waals surface area contributed by atoms with E-state index in [9.17, 15) is 10.1 Å². The molecule has 3 N–H and O–H groups in total. The predicted molar refractivity (Wildman–Crippen MR) is 54.1 cm³/mol. The Hall–Kier alpha value is -2.44. The van der Waals surface area contributed by atoms with Crippen LogP contribution in [0.1, 0.15) is 5.56 Å². The van der Waals surface area contributed by atoms with Gasteiger partial charge in [-0.1, -0.05) is 5.16 Å². The van der Waals surface area contributed by atoms with E-state index in [0.717, 1.165) is 6.21 Å². The van der Waals surface area contributed by atoms with E-state index in [1.807, 2.05) is 0 Å². The number of oxime groups is 1. The molecule has 0 fully saturated rings.